The summed E-state index contributed by atoms with van der Waals surface area (Å²) in [6, 6.07) is 5.88. The summed E-state index contributed by atoms with van der Waals surface area (Å²) in [4.78, 5) is 10.5. The molecular weight excluding hydrogens is 270 g/mol. The largest absolute Gasteiger partial charge is 0.493 e. The molecule has 118 valence electrons. The topological polar surface area (TPSA) is 55.8 Å². The smallest absolute Gasteiger partial charge is 0.303 e. The van der Waals surface area contributed by atoms with Gasteiger partial charge in [0.05, 0.1) is 40.4 Å². The third kappa shape index (κ3) is 5.63. The number of carbonyl (C=O) groups is 1. The van der Waals surface area contributed by atoms with Gasteiger partial charge in [-0.2, -0.15) is 0 Å². The lowest BCUT2D eigenvalue weighted by molar-refractivity contribution is -0.903. The zero-order valence-electron chi connectivity index (χ0n) is 13.4. The van der Waals surface area contributed by atoms with Crippen molar-refractivity contribution in [1.29, 1.82) is 0 Å². The summed E-state index contributed by atoms with van der Waals surface area (Å²) in [7, 11) is 7.56. The van der Waals surface area contributed by atoms with Crippen LogP contribution in [0, 0.1) is 0 Å². The molecule has 1 aromatic carbocycles. The number of hydrogen-bond donors (Lipinski definition) is 1. The molecule has 0 saturated heterocycles. The number of methoxy groups -OCH3 is 2. The van der Waals surface area contributed by atoms with Gasteiger partial charge in [-0.1, -0.05) is 6.07 Å². The van der Waals surface area contributed by atoms with E-state index in [1.54, 1.807) is 14.2 Å². The predicted octanol–water partition coefficient (Wildman–Crippen LogP) is 2.54. The standard InChI is InChI=1S/C16H25NO4/c1-17(2,11-6-5-10-15(18)19)12-13-8-7-9-14(20-3)16(13)21-4/h7-9H,5-6,10-12H2,1-4H3/p+1. The van der Waals surface area contributed by atoms with E-state index < -0.39 is 5.97 Å². The van der Waals surface area contributed by atoms with Crippen LogP contribution in [-0.2, 0) is 11.3 Å². The minimum Gasteiger partial charge on any atom is -0.493 e. The molecule has 1 rings (SSSR count). The van der Waals surface area contributed by atoms with Gasteiger partial charge in [0.15, 0.2) is 11.5 Å². The Morgan fingerprint density at radius 3 is 2.48 bits per heavy atom. The lowest BCUT2D eigenvalue weighted by Gasteiger charge is -2.30. The van der Waals surface area contributed by atoms with Crippen LogP contribution in [0.4, 0.5) is 0 Å². The molecule has 0 spiro atoms. The number of quaternary nitrogens is 1. The number of aliphatic carboxylic acids is 1. The quantitative estimate of drug-likeness (QED) is 0.562. The number of carboxylic acids is 1. The molecule has 0 atom stereocenters. The second-order valence-corrected chi connectivity index (χ2v) is 5.82. The van der Waals surface area contributed by atoms with E-state index in [0.717, 1.165) is 41.1 Å². The van der Waals surface area contributed by atoms with Crippen LogP contribution in [0.2, 0.25) is 0 Å². The Balaban J connectivity index is 2.68. The van der Waals surface area contributed by atoms with Gasteiger partial charge in [-0.05, 0) is 25.0 Å². The lowest BCUT2D eigenvalue weighted by atomic mass is 10.1. The van der Waals surface area contributed by atoms with Crippen LogP contribution in [0.25, 0.3) is 0 Å². The Morgan fingerprint density at radius 1 is 1.19 bits per heavy atom. The number of benzene rings is 1. The molecule has 0 heterocycles. The highest BCUT2D eigenvalue weighted by molar-refractivity contribution is 5.66. The summed E-state index contributed by atoms with van der Waals surface area (Å²) >= 11 is 0. The molecule has 0 bridgehead atoms. The molecule has 1 aromatic rings. The summed E-state index contributed by atoms with van der Waals surface area (Å²) in [5.74, 6) is 0.785. The van der Waals surface area contributed by atoms with E-state index in [4.69, 9.17) is 14.6 Å². The zero-order chi connectivity index (χ0) is 15.9. The first-order chi connectivity index (χ1) is 9.89. The molecule has 0 amide bonds. The highest BCUT2D eigenvalue weighted by Gasteiger charge is 2.20. The van der Waals surface area contributed by atoms with Gasteiger partial charge in [-0.3, -0.25) is 4.79 Å². The summed E-state index contributed by atoms with van der Waals surface area (Å²) in [6.07, 6.45) is 1.85. The van der Waals surface area contributed by atoms with E-state index in [1.807, 2.05) is 18.2 Å². The van der Waals surface area contributed by atoms with Crippen molar-refractivity contribution >= 4 is 5.97 Å². The highest BCUT2D eigenvalue weighted by atomic mass is 16.5. The Hall–Kier alpha value is -1.75. The zero-order valence-corrected chi connectivity index (χ0v) is 13.4. The van der Waals surface area contributed by atoms with E-state index >= 15 is 0 Å². The average Bonchev–Trinajstić information content (AvgIpc) is 2.42. The van der Waals surface area contributed by atoms with Crippen LogP contribution in [0.5, 0.6) is 11.5 Å². The van der Waals surface area contributed by atoms with Crippen molar-refractivity contribution in [1.82, 2.24) is 0 Å². The van der Waals surface area contributed by atoms with Crippen LogP contribution in [0.15, 0.2) is 18.2 Å². The van der Waals surface area contributed by atoms with E-state index in [9.17, 15) is 4.79 Å². The van der Waals surface area contributed by atoms with Crippen molar-refractivity contribution in [2.75, 3.05) is 34.9 Å². The van der Waals surface area contributed by atoms with E-state index in [1.165, 1.54) is 0 Å². The summed E-state index contributed by atoms with van der Waals surface area (Å²) < 4.78 is 11.6. The molecule has 5 nitrogen and oxygen atoms in total. The Labute approximate surface area is 126 Å². The Morgan fingerprint density at radius 2 is 1.90 bits per heavy atom. The van der Waals surface area contributed by atoms with Gasteiger partial charge in [0, 0.05) is 6.42 Å². The summed E-state index contributed by atoms with van der Waals surface area (Å²) in [5, 5.41) is 8.67. The van der Waals surface area contributed by atoms with Crippen LogP contribution >= 0.6 is 0 Å². The maximum absolute atomic E-state index is 10.5. The molecule has 1 N–H and O–H groups in total. The van der Waals surface area contributed by atoms with Crippen molar-refractivity contribution in [2.45, 2.75) is 25.8 Å². The fourth-order valence-electron chi connectivity index (χ4n) is 2.43. The number of nitrogens with zero attached hydrogens (tertiary/aromatic N) is 1. The molecule has 5 heteroatoms. The van der Waals surface area contributed by atoms with Gasteiger partial charge in [-0.25, -0.2) is 0 Å². The number of ether oxygens (including phenoxy) is 2. The first-order valence-corrected chi connectivity index (χ1v) is 7.13. The second-order valence-electron chi connectivity index (χ2n) is 5.82. The van der Waals surface area contributed by atoms with Crippen molar-refractivity contribution in [3.8, 4) is 11.5 Å². The van der Waals surface area contributed by atoms with Crippen LogP contribution in [-0.4, -0.2) is 50.4 Å². The first kappa shape index (κ1) is 17.3. The maximum atomic E-state index is 10.5. The maximum Gasteiger partial charge on any atom is 0.303 e. The van der Waals surface area contributed by atoms with E-state index in [-0.39, 0.29) is 6.42 Å². The molecule has 0 radical (unpaired) electrons. The predicted molar refractivity (Wildman–Crippen MR) is 81.7 cm³/mol. The van der Waals surface area contributed by atoms with Crippen molar-refractivity contribution in [2.24, 2.45) is 0 Å². The SMILES string of the molecule is COc1cccc(C[N+](C)(C)CCCCC(=O)O)c1OC. The molecule has 0 aliphatic rings. The highest BCUT2D eigenvalue weighted by Crippen LogP contribution is 2.32. The number of para-hydroxylation sites is 1. The van der Waals surface area contributed by atoms with Gasteiger partial charge in [0.1, 0.15) is 6.54 Å². The molecule has 0 aliphatic carbocycles. The van der Waals surface area contributed by atoms with Crippen molar-refractivity contribution in [3.63, 3.8) is 0 Å². The molecule has 21 heavy (non-hydrogen) atoms. The molecule has 0 aromatic heterocycles. The number of unbranched alkanes of at least 4 members (excludes halogenated alkanes) is 1. The van der Waals surface area contributed by atoms with Crippen molar-refractivity contribution < 1.29 is 23.9 Å². The molecule has 0 aliphatic heterocycles. The lowest BCUT2D eigenvalue weighted by Crippen LogP contribution is -2.39. The van der Waals surface area contributed by atoms with Crippen LogP contribution in [0.1, 0.15) is 24.8 Å². The normalized spacial score (nSPS) is 11.2. The van der Waals surface area contributed by atoms with Gasteiger partial charge < -0.3 is 19.1 Å². The minimum atomic E-state index is -0.727. The molecular formula is C16H26NO4+. The third-order valence-corrected chi connectivity index (χ3v) is 3.49. The summed E-state index contributed by atoms with van der Waals surface area (Å²) in [6.45, 7) is 1.74. The van der Waals surface area contributed by atoms with Crippen LogP contribution < -0.4 is 9.47 Å². The molecule has 0 saturated carbocycles. The van der Waals surface area contributed by atoms with E-state index in [0.29, 0.717) is 6.42 Å². The monoisotopic (exact) mass is 296 g/mol. The summed E-state index contributed by atoms with van der Waals surface area (Å²) in [5.41, 5.74) is 1.10. The first-order valence-electron chi connectivity index (χ1n) is 7.13. The fraction of sp³-hybridized carbons (Fsp3) is 0.562. The second kappa shape index (κ2) is 7.88. The average molecular weight is 296 g/mol. The van der Waals surface area contributed by atoms with Gasteiger partial charge >= 0.3 is 5.97 Å². The van der Waals surface area contributed by atoms with Gasteiger partial charge in [0.2, 0.25) is 0 Å². The molecule has 0 unspecified atom stereocenters. The number of rotatable bonds is 9. The Bertz CT molecular complexity index is 471. The number of hydrogen-bond acceptors (Lipinski definition) is 3. The minimum absolute atomic E-state index is 0.239. The molecule has 0 fully saturated rings. The third-order valence-electron chi connectivity index (χ3n) is 3.49. The number of carboxylic acid groups (broad SMARTS) is 1. The van der Waals surface area contributed by atoms with Gasteiger partial charge in [-0.15, -0.1) is 0 Å². The van der Waals surface area contributed by atoms with Crippen LogP contribution in [0.3, 0.4) is 0 Å². The fourth-order valence-corrected chi connectivity index (χ4v) is 2.43. The Kier molecular flexibility index (Phi) is 6.49. The van der Waals surface area contributed by atoms with E-state index in [2.05, 4.69) is 14.1 Å². The van der Waals surface area contributed by atoms with Crippen molar-refractivity contribution in [3.05, 3.63) is 23.8 Å². The van der Waals surface area contributed by atoms with Gasteiger partial charge in [0.25, 0.3) is 0 Å².